The maximum atomic E-state index is 8.53. The van der Waals surface area contributed by atoms with Gasteiger partial charge in [-0.15, -0.1) is 0 Å². The van der Waals surface area contributed by atoms with Gasteiger partial charge in [-0.2, -0.15) is 5.26 Å². The van der Waals surface area contributed by atoms with Crippen LogP contribution in [0.25, 0.3) is 0 Å². The molecule has 0 aromatic heterocycles. The Morgan fingerprint density at radius 3 is 2.78 bits per heavy atom. The van der Waals surface area contributed by atoms with Crippen molar-refractivity contribution in [3.05, 3.63) is 65.2 Å². The minimum atomic E-state index is 0.302. The SMILES string of the molecule is Cc1ccccc1C(C)NCc1cccc(OCCCC#N)c1. The topological polar surface area (TPSA) is 45.0 Å². The van der Waals surface area contributed by atoms with Crippen LogP contribution in [0.4, 0.5) is 0 Å². The predicted octanol–water partition coefficient (Wildman–Crippen LogP) is 4.53. The van der Waals surface area contributed by atoms with Crippen LogP contribution in [0.1, 0.15) is 42.5 Å². The first-order chi connectivity index (χ1) is 11.2. The van der Waals surface area contributed by atoms with Crippen LogP contribution in [-0.4, -0.2) is 6.61 Å². The Kier molecular flexibility index (Phi) is 6.65. The average molecular weight is 308 g/mol. The van der Waals surface area contributed by atoms with Crippen molar-refractivity contribution in [2.24, 2.45) is 0 Å². The van der Waals surface area contributed by atoms with Crippen LogP contribution in [0.3, 0.4) is 0 Å². The molecule has 0 bridgehead atoms. The summed E-state index contributed by atoms with van der Waals surface area (Å²) in [4.78, 5) is 0. The summed E-state index contributed by atoms with van der Waals surface area (Å²) in [5, 5.41) is 12.1. The van der Waals surface area contributed by atoms with E-state index < -0.39 is 0 Å². The molecule has 0 aliphatic heterocycles. The highest BCUT2D eigenvalue weighted by molar-refractivity contribution is 5.30. The van der Waals surface area contributed by atoms with Crippen molar-refractivity contribution in [1.29, 1.82) is 5.26 Å². The highest BCUT2D eigenvalue weighted by atomic mass is 16.5. The fraction of sp³-hybridized carbons (Fsp3) is 0.350. The van der Waals surface area contributed by atoms with Gasteiger partial charge in [-0.3, -0.25) is 0 Å². The lowest BCUT2D eigenvalue weighted by Crippen LogP contribution is -2.18. The summed E-state index contributed by atoms with van der Waals surface area (Å²) in [6.45, 7) is 5.71. The molecule has 0 fully saturated rings. The third-order valence-corrected chi connectivity index (χ3v) is 3.87. The zero-order chi connectivity index (χ0) is 16.5. The molecule has 3 nitrogen and oxygen atoms in total. The lowest BCUT2D eigenvalue weighted by molar-refractivity contribution is 0.312. The quantitative estimate of drug-likeness (QED) is 0.729. The van der Waals surface area contributed by atoms with E-state index in [0.29, 0.717) is 19.1 Å². The van der Waals surface area contributed by atoms with Gasteiger partial charge in [0.25, 0.3) is 0 Å². The van der Waals surface area contributed by atoms with Crippen molar-refractivity contribution < 1.29 is 4.74 Å². The van der Waals surface area contributed by atoms with Crippen LogP contribution >= 0.6 is 0 Å². The van der Waals surface area contributed by atoms with Gasteiger partial charge in [-0.05, 0) is 49.1 Å². The van der Waals surface area contributed by atoms with Crippen LogP contribution in [0, 0.1) is 18.3 Å². The molecule has 1 unspecified atom stereocenters. The first-order valence-corrected chi connectivity index (χ1v) is 8.08. The van der Waals surface area contributed by atoms with Gasteiger partial charge in [0, 0.05) is 19.0 Å². The molecule has 2 rings (SSSR count). The standard InChI is InChI=1S/C20H24N2O/c1-16-8-3-4-11-20(16)17(2)22-15-18-9-7-10-19(14-18)23-13-6-5-12-21/h3-4,7-11,14,17,22H,5-6,13,15H2,1-2H3. The van der Waals surface area contributed by atoms with E-state index in [4.69, 9.17) is 10.00 Å². The van der Waals surface area contributed by atoms with E-state index in [0.717, 1.165) is 18.7 Å². The Morgan fingerprint density at radius 2 is 2.00 bits per heavy atom. The fourth-order valence-electron chi connectivity index (χ4n) is 2.54. The fourth-order valence-corrected chi connectivity index (χ4v) is 2.54. The van der Waals surface area contributed by atoms with Gasteiger partial charge in [0.2, 0.25) is 0 Å². The Morgan fingerprint density at radius 1 is 1.17 bits per heavy atom. The first-order valence-electron chi connectivity index (χ1n) is 8.08. The molecule has 3 heteroatoms. The number of rotatable bonds is 8. The van der Waals surface area contributed by atoms with E-state index in [2.05, 4.69) is 61.6 Å². The second kappa shape index (κ2) is 8.97. The second-order valence-corrected chi connectivity index (χ2v) is 5.72. The van der Waals surface area contributed by atoms with Crippen LogP contribution in [0.5, 0.6) is 5.75 Å². The molecule has 0 aliphatic rings. The summed E-state index contributed by atoms with van der Waals surface area (Å²) in [6, 6.07) is 19.0. The number of hydrogen-bond acceptors (Lipinski definition) is 3. The first kappa shape index (κ1) is 17.1. The van der Waals surface area contributed by atoms with Gasteiger partial charge in [0.15, 0.2) is 0 Å². The molecule has 0 saturated carbocycles. The summed E-state index contributed by atoms with van der Waals surface area (Å²) < 4.78 is 5.68. The molecule has 1 N–H and O–H groups in total. The monoisotopic (exact) mass is 308 g/mol. The van der Waals surface area contributed by atoms with Crippen molar-refractivity contribution in [3.63, 3.8) is 0 Å². The number of aryl methyl sites for hydroxylation is 1. The van der Waals surface area contributed by atoms with Gasteiger partial charge >= 0.3 is 0 Å². The van der Waals surface area contributed by atoms with Crippen molar-refractivity contribution in [2.45, 2.75) is 39.3 Å². The molecule has 0 spiro atoms. The van der Waals surface area contributed by atoms with Gasteiger partial charge < -0.3 is 10.1 Å². The van der Waals surface area contributed by atoms with Crippen LogP contribution in [0.15, 0.2) is 48.5 Å². The highest BCUT2D eigenvalue weighted by Gasteiger charge is 2.07. The smallest absolute Gasteiger partial charge is 0.119 e. The van der Waals surface area contributed by atoms with E-state index in [1.54, 1.807) is 0 Å². The third kappa shape index (κ3) is 5.43. The van der Waals surface area contributed by atoms with Gasteiger partial charge in [0.05, 0.1) is 12.7 Å². The van der Waals surface area contributed by atoms with E-state index in [1.165, 1.54) is 16.7 Å². The maximum absolute atomic E-state index is 8.53. The molecular formula is C20H24N2O. The Balaban J connectivity index is 1.88. The normalized spacial score (nSPS) is 11.7. The Labute approximate surface area is 138 Å². The Bertz CT molecular complexity index is 661. The number of benzene rings is 2. The molecule has 2 aromatic carbocycles. The number of nitrogens with zero attached hydrogens (tertiary/aromatic N) is 1. The van der Waals surface area contributed by atoms with Gasteiger partial charge in [-0.1, -0.05) is 36.4 Å². The molecule has 0 aliphatic carbocycles. The molecule has 0 heterocycles. The number of ether oxygens (including phenoxy) is 1. The number of nitrogens with one attached hydrogen (secondary N) is 1. The predicted molar refractivity (Wildman–Crippen MR) is 93.2 cm³/mol. The van der Waals surface area contributed by atoms with Crippen LogP contribution in [0.2, 0.25) is 0 Å². The van der Waals surface area contributed by atoms with Crippen molar-refractivity contribution in [2.75, 3.05) is 6.61 Å². The Hall–Kier alpha value is -2.31. The molecule has 0 radical (unpaired) electrons. The lowest BCUT2D eigenvalue weighted by atomic mass is 10.0. The van der Waals surface area contributed by atoms with Crippen molar-refractivity contribution in [1.82, 2.24) is 5.32 Å². The maximum Gasteiger partial charge on any atom is 0.119 e. The van der Waals surface area contributed by atoms with E-state index in [1.807, 2.05) is 12.1 Å². The van der Waals surface area contributed by atoms with E-state index in [9.17, 15) is 0 Å². The van der Waals surface area contributed by atoms with Crippen LogP contribution < -0.4 is 10.1 Å². The third-order valence-electron chi connectivity index (χ3n) is 3.87. The molecule has 2 aromatic rings. The molecule has 0 amide bonds. The number of unbranched alkanes of at least 4 members (excludes halogenated alkanes) is 1. The summed E-state index contributed by atoms with van der Waals surface area (Å²) in [7, 11) is 0. The highest BCUT2D eigenvalue weighted by Crippen LogP contribution is 2.18. The van der Waals surface area contributed by atoms with Crippen molar-refractivity contribution in [3.8, 4) is 11.8 Å². The van der Waals surface area contributed by atoms with Crippen LogP contribution in [-0.2, 0) is 6.54 Å². The summed E-state index contributed by atoms with van der Waals surface area (Å²) in [5.41, 5.74) is 3.83. The molecule has 120 valence electrons. The molecule has 23 heavy (non-hydrogen) atoms. The van der Waals surface area contributed by atoms with E-state index >= 15 is 0 Å². The van der Waals surface area contributed by atoms with Gasteiger partial charge in [-0.25, -0.2) is 0 Å². The number of hydrogen-bond donors (Lipinski definition) is 1. The zero-order valence-corrected chi connectivity index (χ0v) is 13.9. The minimum absolute atomic E-state index is 0.302. The number of nitriles is 1. The summed E-state index contributed by atoms with van der Waals surface area (Å²) in [6.07, 6.45) is 1.30. The van der Waals surface area contributed by atoms with E-state index in [-0.39, 0.29) is 0 Å². The summed E-state index contributed by atoms with van der Waals surface area (Å²) >= 11 is 0. The second-order valence-electron chi connectivity index (χ2n) is 5.72. The largest absolute Gasteiger partial charge is 0.494 e. The van der Waals surface area contributed by atoms with Crippen molar-refractivity contribution >= 4 is 0 Å². The summed E-state index contributed by atoms with van der Waals surface area (Å²) in [5.74, 6) is 0.866. The zero-order valence-electron chi connectivity index (χ0n) is 13.9. The molecule has 1 atom stereocenters. The van der Waals surface area contributed by atoms with Gasteiger partial charge in [0.1, 0.15) is 5.75 Å². The molecular weight excluding hydrogens is 284 g/mol. The minimum Gasteiger partial charge on any atom is -0.494 e. The lowest BCUT2D eigenvalue weighted by Gasteiger charge is -2.17. The molecule has 0 saturated heterocycles. The average Bonchev–Trinajstić information content (AvgIpc) is 2.57.